The third kappa shape index (κ3) is 2.19. The van der Waals surface area contributed by atoms with Gasteiger partial charge in [0, 0.05) is 20.0 Å². The number of amides is 1. The lowest BCUT2D eigenvalue weighted by Crippen LogP contribution is -2.41. The highest BCUT2D eigenvalue weighted by molar-refractivity contribution is 5.95. The molecule has 1 saturated heterocycles. The number of esters is 1. The van der Waals surface area contributed by atoms with Gasteiger partial charge in [0.15, 0.2) is 5.69 Å². The molecule has 2 unspecified atom stereocenters. The monoisotopic (exact) mass is 254 g/mol. The second-order valence-corrected chi connectivity index (χ2v) is 4.16. The van der Waals surface area contributed by atoms with E-state index in [4.69, 9.17) is 0 Å². The predicted octanol–water partition coefficient (Wildman–Crippen LogP) is -1.44. The van der Waals surface area contributed by atoms with Crippen LogP contribution in [-0.2, 0) is 16.6 Å². The summed E-state index contributed by atoms with van der Waals surface area (Å²) in [4.78, 5) is 24.9. The maximum atomic E-state index is 12.1. The standard InChI is InChI=1S/C10H14N4O4/c1-13-5-7(11-12-13)9(16)14-4-6(15)3-8(14)10(17)18-2/h5-6,8,15H,3-4H2,1-2H3. The Morgan fingerprint density at radius 2 is 2.28 bits per heavy atom. The smallest absolute Gasteiger partial charge is 0.328 e. The molecule has 0 bridgehead atoms. The molecule has 2 atom stereocenters. The first-order chi connectivity index (χ1) is 8.52. The van der Waals surface area contributed by atoms with Gasteiger partial charge in [-0.05, 0) is 0 Å². The van der Waals surface area contributed by atoms with Crippen LogP contribution in [-0.4, -0.2) is 62.7 Å². The Hall–Kier alpha value is -1.96. The van der Waals surface area contributed by atoms with Gasteiger partial charge >= 0.3 is 5.97 Å². The van der Waals surface area contributed by atoms with Crippen LogP contribution in [0.25, 0.3) is 0 Å². The van der Waals surface area contributed by atoms with Crippen LogP contribution in [0, 0.1) is 0 Å². The number of β-amino-alcohol motifs (C(OH)–C–C–N with tert-alkyl or cyclic N) is 1. The zero-order chi connectivity index (χ0) is 13.3. The van der Waals surface area contributed by atoms with Gasteiger partial charge in [0.25, 0.3) is 5.91 Å². The third-order valence-corrected chi connectivity index (χ3v) is 2.83. The molecule has 8 nitrogen and oxygen atoms in total. The number of carbonyl (C=O) groups is 2. The van der Waals surface area contributed by atoms with Crippen LogP contribution >= 0.6 is 0 Å². The quantitative estimate of drug-likeness (QED) is 0.649. The molecule has 1 N–H and O–H groups in total. The van der Waals surface area contributed by atoms with E-state index in [1.54, 1.807) is 7.05 Å². The summed E-state index contributed by atoms with van der Waals surface area (Å²) in [5, 5.41) is 16.9. The van der Waals surface area contributed by atoms with Crippen LogP contribution in [0.1, 0.15) is 16.9 Å². The molecule has 98 valence electrons. The van der Waals surface area contributed by atoms with Crippen LogP contribution in [0.5, 0.6) is 0 Å². The number of carbonyl (C=O) groups excluding carboxylic acids is 2. The number of aromatic nitrogens is 3. The molecule has 1 aromatic heterocycles. The maximum Gasteiger partial charge on any atom is 0.328 e. The summed E-state index contributed by atoms with van der Waals surface area (Å²) in [5.41, 5.74) is 0.139. The van der Waals surface area contributed by atoms with Crippen molar-refractivity contribution in [3.8, 4) is 0 Å². The van der Waals surface area contributed by atoms with Gasteiger partial charge in [0.1, 0.15) is 6.04 Å². The highest BCUT2D eigenvalue weighted by atomic mass is 16.5. The van der Waals surface area contributed by atoms with Crippen LogP contribution in [0.4, 0.5) is 0 Å². The van der Waals surface area contributed by atoms with Gasteiger partial charge in [-0.2, -0.15) is 0 Å². The first-order valence-corrected chi connectivity index (χ1v) is 5.46. The van der Waals surface area contributed by atoms with Gasteiger partial charge in [0.05, 0.1) is 19.4 Å². The fourth-order valence-electron chi connectivity index (χ4n) is 1.99. The number of hydrogen-bond acceptors (Lipinski definition) is 6. The molecule has 1 amide bonds. The average Bonchev–Trinajstić information content (AvgIpc) is 2.93. The molecule has 0 aliphatic carbocycles. The van der Waals surface area contributed by atoms with Crippen molar-refractivity contribution in [2.24, 2.45) is 7.05 Å². The Kier molecular flexibility index (Phi) is 3.28. The Labute approximate surface area is 103 Å². The SMILES string of the molecule is COC(=O)C1CC(O)CN1C(=O)c1cn(C)nn1. The molecule has 1 fully saturated rings. The van der Waals surface area contributed by atoms with E-state index in [1.165, 1.54) is 22.9 Å². The summed E-state index contributed by atoms with van der Waals surface area (Å²) >= 11 is 0. The van der Waals surface area contributed by atoms with E-state index in [1.807, 2.05) is 0 Å². The fraction of sp³-hybridized carbons (Fsp3) is 0.600. The first kappa shape index (κ1) is 12.5. The minimum Gasteiger partial charge on any atom is -0.467 e. The average molecular weight is 254 g/mol. The number of rotatable bonds is 2. The minimum atomic E-state index is -0.764. The summed E-state index contributed by atoms with van der Waals surface area (Å²) in [6, 6.07) is -0.764. The van der Waals surface area contributed by atoms with E-state index >= 15 is 0 Å². The van der Waals surface area contributed by atoms with Gasteiger partial charge in [-0.1, -0.05) is 5.21 Å². The van der Waals surface area contributed by atoms with Crippen molar-refractivity contribution in [1.29, 1.82) is 0 Å². The Bertz CT molecular complexity index is 472. The lowest BCUT2D eigenvalue weighted by molar-refractivity contribution is -0.145. The lowest BCUT2D eigenvalue weighted by atomic mass is 10.2. The molecule has 0 spiro atoms. The second kappa shape index (κ2) is 4.73. The molecule has 18 heavy (non-hydrogen) atoms. The molecule has 0 saturated carbocycles. The highest BCUT2D eigenvalue weighted by Gasteiger charge is 2.40. The molecule has 1 aromatic rings. The van der Waals surface area contributed by atoms with Gasteiger partial charge in [-0.3, -0.25) is 9.48 Å². The van der Waals surface area contributed by atoms with Crippen molar-refractivity contribution in [2.45, 2.75) is 18.6 Å². The number of likely N-dealkylation sites (tertiary alicyclic amines) is 1. The molecule has 1 aliphatic heterocycles. The van der Waals surface area contributed by atoms with E-state index in [0.717, 1.165) is 0 Å². The van der Waals surface area contributed by atoms with Crippen molar-refractivity contribution in [3.05, 3.63) is 11.9 Å². The fourth-order valence-corrected chi connectivity index (χ4v) is 1.99. The van der Waals surface area contributed by atoms with Crippen LogP contribution in [0.2, 0.25) is 0 Å². The number of ether oxygens (including phenoxy) is 1. The largest absolute Gasteiger partial charge is 0.467 e. The van der Waals surface area contributed by atoms with Gasteiger partial charge in [0.2, 0.25) is 0 Å². The van der Waals surface area contributed by atoms with E-state index in [-0.39, 0.29) is 18.7 Å². The molecular weight excluding hydrogens is 240 g/mol. The molecule has 1 aliphatic rings. The van der Waals surface area contributed by atoms with Crippen LogP contribution in [0.15, 0.2) is 6.20 Å². The molecular formula is C10H14N4O4. The van der Waals surface area contributed by atoms with Crippen molar-refractivity contribution < 1.29 is 19.4 Å². The topological polar surface area (TPSA) is 97.6 Å². The lowest BCUT2D eigenvalue weighted by Gasteiger charge is -2.20. The molecule has 2 rings (SSSR count). The number of aryl methyl sites for hydroxylation is 1. The number of aliphatic hydroxyl groups is 1. The van der Waals surface area contributed by atoms with Crippen molar-refractivity contribution in [3.63, 3.8) is 0 Å². The Morgan fingerprint density at radius 3 is 2.83 bits per heavy atom. The number of methoxy groups -OCH3 is 1. The number of aliphatic hydroxyl groups excluding tert-OH is 1. The summed E-state index contributed by atoms with van der Waals surface area (Å²) in [5.74, 6) is -0.973. The summed E-state index contributed by atoms with van der Waals surface area (Å²) in [7, 11) is 2.89. The van der Waals surface area contributed by atoms with Crippen molar-refractivity contribution >= 4 is 11.9 Å². The predicted molar refractivity (Wildman–Crippen MR) is 58.5 cm³/mol. The maximum absolute atomic E-state index is 12.1. The zero-order valence-electron chi connectivity index (χ0n) is 10.1. The van der Waals surface area contributed by atoms with Crippen LogP contribution < -0.4 is 0 Å². The minimum absolute atomic E-state index is 0.0924. The van der Waals surface area contributed by atoms with E-state index in [2.05, 4.69) is 15.0 Å². The number of nitrogens with zero attached hydrogens (tertiary/aromatic N) is 4. The van der Waals surface area contributed by atoms with Gasteiger partial charge in [-0.15, -0.1) is 5.10 Å². The first-order valence-electron chi connectivity index (χ1n) is 5.46. The normalized spacial score (nSPS) is 23.2. The van der Waals surface area contributed by atoms with Gasteiger partial charge < -0.3 is 14.7 Å². The Balaban J connectivity index is 2.20. The van der Waals surface area contributed by atoms with Crippen molar-refractivity contribution in [1.82, 2.24) is 19.9 Å². The summed E-state index contributed by atoms with van der Waals surface area (Å²) in [6.07, 6.45) is 0.912. The molecule has 0 aromatic carbocycles. The summed E-state index contributed by atoms with van der Waals surface area (Å²) in [6.45, 7) is 0.0924. The molecule has 8 heteroatoms. The van der Waals surface area contributed by atoms with Crippen molar-refractivity contribution in [2.75, 3.05) is 13.7 Å². The highest BCUT2D eigenvalue weighted by Crippen LogP contribution is 2.20. The van der Waals surface area contributed by atoms with E-state index in [9.17, 15) is 14.7 Å². The number of hydrogen-bond donors (Lipinski definition) is 1. The Morgan fingerprint density at radius 1 is 1.56 bits per heavy atom. The molecule has 2 heterocycles. The third-order valence-electron chi connectivity index (χ3n) is 2.83. The van der Waals surface area contributed by atoms with E-state index in [0.29, 0.717) is 0 Å². The second-order valence-electron chi connectivity index (χ2n) is 4.16. The zero-order valence-corrected chi connectivity index (χ0v) is 10.1. The van der Waals surface area contributed by atoms with Gasteiger partial charge in [-0.25, -0.2) is 4.79 Å². The van der Waals surface area contributed by atoms with Crippen LogP contribution in [0.3, 0.4) is 0 Å². The summed E-state index contributed by atoms with van der Waals surface area (Å²) < 4.78 is 6.01. The van der Waals surface area contributed by atoms with E-state index < -0.39 is 24.0 Å². The molecule has 0 radical (unpaired) electrons.